The fourth-order valence-electron chi connectivity index (χ4n) is 4.62. The van der Waals surface area contributed by atoms with Gasteiger partial charge in [-0.15, -0.1) is 0 Å². The van der Waals surface area contributed by atoms with Crippen LogP contribution in [-0.2, 0) is 55.0 Å². The number of amides is 6. The summed E-state index contributed by atoms with van der Waals surface area (Å²) in [4.78, 5) is 88.3. The van der Waals surface area contributed by atoms with E-state index in [0.717, 1.165) is 4.90 Å². The third-order valence-electron chi connectivity index (χ3n) is 8.24. The molecule has 3 atom stereocenters. The summed E-state index contributed by atoms with van der Waals surface area (Å²) in [6, 6.07) is 2.51. The van der Waals surface area contributed by atoms with Crippen molar-refractivity contribution < 1.29 is 51.3 Å². The first-order valence-corrected chi connectivity index (χ1v) is 18.3. The maximum atomic E-state index is 13.2. The van der Waals surface area contributed by atoms with Gasteiger partial charge in [-0.2, -0.15) is 8.42 Å². The minimum atomic E-state index is -4.74. The van der Waals surface area contributed by atoms with E-state index >= 15 is 0 Å². The number of unbranched alkanes of at least 4 members (excludes halogenated alkanes) is 2. The van der Waals surface area contributed by atoms with Crippen molar-refractivity contribution in [3.63, 3.8) is 0 Å². The molecule has 0 bridgehead atoms. The second kappa shape index (κ2) is 19.1. The molecular weight excluding hydrogens is 686 g/mol. The number of nitrogens with zero attached hydrogens (tertiary/aromatic N) is 1. The Morgan fingerprint density at radius 3 is 2.02 bits per heavy atom. The van der Waals surface area contributed by atoms with Gasteiger partial charge in [-0.25, -0.2) is 0 Å². The van der Waals surface area contributed by atoms with Crippen molar-refractivity contribution in [2.45, 2.75) is 98.4 Å². The molecule has 0 spiro atoms. The van der Waals surface area contributed by atoms with Crippen LogP contribution in [0.4, 0.5) is 5.69 Å². The monoisotopic (exact) mass is 735 g/mol. The van der Waals surface area contributed by atoms with Crippen molar-refractivity contribution in [2.24, 2.45) is 11.3 Å². The molecule has 1 heterocycles. The van der Waals surface area contributed by atoms with Crippen LogP contribution >= 0.6 is 0 Å². The number of imide groups is 1. The summed E-state index contributed by atoms with van der Waals surface area (Å²) in [6.07, 6.45) is 4.00. The fraction of sp³-hybridized carbons (Fsp3) is 0.559. The molecule has 1 aliphatic heterocycles. The molecule has 51 heavy (non-hydrogen) atoms. The SMILES string of the molecule is CCC(C)(C)C(=O)OCc1ccc(NC(=O)[C@H](C)NC(=O)C(NC(=O)[C@H](CS(=O)(=O)O)NC(=O)CCCCCN2C(=O)C=CC2=O)C(C)C)cc1. The zero-order chi connectivity index (χ0) is 38.5. The highest BCUT2D eigenvalue weighted by molar-refractivity contribution is 7.85. The number of benzene rings is 1. The second-order valence-corrected chi connectivity index (χ2v) is 14.8. The van der Waals surface area contributed by atoms with Crippen molar-refractivity contribution in [2.75, 3.05) is 17.6 Å². The van der Waals surface area contributed by atoms with Gasteiger partial charge in [0, 0.05) is 30.8 Å². The Morgan fingerprint density at radius 2 is 1.47 bits per heavy atom. The fourth-order valence-corrected chi connectivity index (χ4v) is 5.28. The highest BCUT2D eigenvalue weighted by Crippen LogP contribution is 2.22. The van der Waals surface area contributed by atoms with Crippen molar-refractivity contribution >= 4 is 57.2 Å². The van der Waals surface area contributed by atoms with Crippen molar-refractivity contribution in [3.8, 4) is 0 Å². The smallest absolute Gasteiger partial charge is 0.311 e. The normalized spacial score (nSPS) is 14.9. The molecule has 17 heteroatoms. The molecule has 6 amide bonds. The van der Waals surface area contributed by atoms with Gasteiger partial charge in [0.1, 0.15) is 30.5 Å². The number of ether oxygens (including phenoxy) is 1. The average Bonchev–Trinajstić information content (AvgIpc) is 3.37. The number of carbonyl (C=O) groups excluding carboxylic acids is 7. The third kappa shape index (κ3) is 14.3. The minimum Gasteiger partial charge on any atom is -0.460 e. The zero-order valence-electron chi connectivity index (χ0n) is 29.8. The molecule has 0 saturated heterocycles. The summed E-state index contributed by atoms with van der Waals surface area (Å²) >= 11 is 0. The molecule has 1 aliphatic rings. The lowest BCUT2D eigenvalue weighted by atomic mass is 9.91. The van der Waals surface area contributed by atoms with Crippen molar-refractivity contribution in [1.82, 2.24) is 20.9 Å². The molecule has 1 unspecified atom stereocenters. The van der Waals surface area contributed by atoms with Crippen LogP contribution in [0.3, 0.4) is 0 Å². The Hall–Kier alpha value is -4.64. The maximum Gasteiger partial charge on any atom is 0.311 e. The predicted molar refractivity (Wildman–Crippen MR) is 186 cm³/mol. The standard InChI is InChI=1S/C34H49N5O11S/c1-7-34(5,6)33(46)50-19-23-12-14-24(15-13-23)36-30(43)22(4)35-32(45)29(21(2)3)38-31(44)25(20-51(47,48)49)37-26(40)11-9-8-10-18-39-27(41)16-17-28(39)42/h12-17,21-22,25,29H,7-11,18-20H2,1-6H3,(H,35,45)(H,36,43)(H,37,40)(H,38,44)(H,47,48,49)/t22-,25-,29?/m0/s1. The first kappa shape index (κ1) is 42.5. The van der Waals surface area contributed by atoms with Gasteiger partial charge in [-0.05, 0) is 63.6 Å². The van der Waals surface area contributed by atoms with Gasteiger partial charge < -0.3 is 26.0 Å². The first-order valence-electron chi connectivity index (χ1n) is 16.7. The van der Waals surface area contributed by atoms with E-state index in [-0.39, 0.29) is 25.5 Å². The average molecular weight is 736 g/mol. The van der Waals surface area contributed by atoms with E-state index in [1.165, 1.54) is 19.1 Å². The summed E-state index contributed by atoms with van der Waals surface area (Å²) in [7, 11) is -4.74. The highest BCUT2D eigenvalue weighted by Gasteiger charge is 2.32. The highest BCUT2D eigenvalue weighted by atomic mass is 32.2. The van der Waals surface area contributed by atoms with Gasteiger partial charge in [0.2, 0.25) is 23.6 Å². The lowest BCUT2D eigenvalue weighted by molar-refractivity contribution is -0.155. The Balaban J connectivity index is 1.92. The summed E-state index contributed by atoms with van der Waals surface area (Å²) in [5.41, 5.74) is 0.514. The number of rotatable bonds is 20. The van der Waals surface area contributed by atoms with Crippen LogP contribution in [0, 0.1) is 11.3 Å². The molecule has 16 nitrogen and oxygen atoms in total. The van der Waals surface area contributed by atoms with Crippen LogP contribution in [0.1, 0.15) is 79.2 Å². The van der Waals surface area contributed by atoms with Crippen molar-refractivity contribution in [1.29, 1.82) is 0 Å². The molecule has 282 valence electrons. The van der Waals surface area contributed by atoms with Crippen LogP contribution in [0.2, 0.25) is 0 Å². The maximum absolute atomic E-state index is 13.2. The number of anilines is 1. The Bertz CT molecular complexity index is 1570. The molecule has 0 fully saturated rings. The van der Waals surface area contributed by atoms with Crippen LogP contribution in [-0.4, -0.2) is 89.7 Å². The minimum absolute atomic E-state index is 0.0609. The Labute approximate surface area is 298 Å². The van der Waals surface area contributed by atoms with E-state index in [9.17, 15) is 46.5 Å². The number of carbonyl (C=O) groups is 7. The Kier molecular flexibility index (Phi) is 15.9. The molecule has 2 rings (SSSR count). The largest absolute Gasteiger partial charge is 0.460 e. The van der Waals surface area contributed by atoms with Crippen molar-refractivity contribution in [3.05, 3.63) is 42.0 Å². The number of esters is 1. The zero-order valence-corrected chi connectivity index (χ0v) is 30.6. The van der Waals surface area contributed by atoms with Crippen LogP contribution in [0.5, 0.6) is 0 Å². The lowest BCUT2D eigenvalue weighted by Gasteiger charge is -2.26. The number of nitrogens with one attached hydrogen (secondary N) is 4. The molecule has 0 aromatic heterocycles. The van der Waals surface area contributed by atoms with Gasteiger partial charge in [0.05, 0.1) is 5.41 Å². The molecule has 5 N–H and O–H groups in total. The summed E-state index contributed by atoms with van der Waals surface area (Å²) in [5.74, 6) is -5.93. The molecular formula is C34H49N5O11S. The Morgan fingerprint density at radius 1 is 0.863 bits per heavy atom. The van der Waals surface area contributed by atoms with E-state index in [4.69, 9.17) is 4.74 Å². The van der Waals surface area contributed by atoms with Crippen LogP contribution in [0.15, 0.2) is 36.4 Å². The van der Waals surface area contributed by atoms with E-state index in [0.29, 0.717) is 36.9 Å². The van der Waals surface area contributed by atoms with E-state index in [1.807, 2.05) is 6.92 Å². The predicted octanol–water partition coefficient (Wildman–Crippen LogP) is 1.61. The molecule has 1 aromatic carbocycles. The molecule has 0 aliphatic carbocycles. The summed E-state index contributed by atoms with van der Waals surface area (Å²) < 4.78 is 38.1. The summed E-state index contributed by atoms with van der Waals surface area (Å²) in [6.45, 7) is 10.4. The third-order valence-corrected chi connectivity index (χ3v) is 9.00. The topological polar surface area (TPSA) is 234 Å². The first-order chi connectivity index (χ1) is 23.7. The number of hydrogen-bond acceptors (Lipinski definition) is 10. The van der Waals surface area contributed by atoms with Gasteiger partial charge in [0.25, 0.3) is 21.9 Å². The van der Waals surface area contributed by atoms with Gasteiger partial charge in [-0.3, -0.25) is 43.0 Å². The summed E-state index contributed by atoms with van der Waals surface area (Å²) in [5, 5.41) is 9.87. The van der Waals surface area contributed by atoms with E-state index in [2.05, 4.69) is 21.3 Å². The van der Waals surface area contributed by atoms with Gasteiger partial charge >= 0.3 is 5.97 Å². The van der Waals surface area contributed by atoms with E-state index < -0.39 is 80.8 Å². The molecule has 1 aromatic rings. The van der Waals surface area contributed by atoms with Gasteiger partial charge in [0.15, 0.2) is 0 Å². The lowest BCUT2D eigenvalue weighted by Crippen LogP contribution is -2.58. The second-order valence-electron chi connectivity index (χ2n) is 13.3. The molecule has 0 saturated carbocycles. The quantitative estimate of drug-likeness (QED) is 0.0559. The van der Waals surface area contributed by atoms with Crippen LogP contribution < -0.4 is 21.3 Å². The number of hydrogen-bond donors (Lipinski definition) is 5. The van der Waals surface area contributed by atoms with Gasteiger partial charge in [-0.1, -0.05) is 39.3 Å². The van der Waals surface area contributed by atoms with Crippen LogP contribution in [0.25, 0.3) is 0 Å². The molecule has 0 radical (unpaired) electrons. The van der Waals surface area contributed by atoms with E-state index in [1.54, 1.807) is 52.0 Å².